The van der Waals surface area contributed by atoms with Gasteiger partial charge in [-0.1, -0.05) is 26.0 Å². The molecule has 2 atom stereocenters. The Bertz CT molecular complexity index is 448. The zero-order valence-corrected chi connectivity index (χ0v) is 11.3. The van der Waals surface area contributed by atoms with E-state index >= 15 is 0 Å². The van der Waals surface area contributed by atoms with Gasteiger partial charge in [0.1, 0.15) is 0 Å². The van der Waals surface area contributed by atoms with Crippen molar-refractivity contribution in [1.29, 1.82) is 0 Å². The maximum atomic E-state index is 13.7. The molecule has 0 spiro atoms. The van der Waals surface area contributed by atoms with E-state index in [9.17, 15) is 13.9 Å². The van der Waals surface area contributed by atoms with E-state index in [1.807, 2.05) is 13.8 Å². The smallest absolute Gasteiger partial charge is 0.162 e. The molecular formula is C15H20F2O2. The molecule has 1 saturated heterocycles. The molecule has 2 unspecified atom stereocenters. The van der Waals surface area contributed by atoms with Crippen molar-refractivity contribution in [2.24, 2.45) is 5.92 Å². The highest BCUT2D eigenvalue weighted by atomic mass is 19.2. The summed E-state index contributed by atoms with van der Waals surface area (Å²) in [5.41, 5.74) is -0.783. The molecule has 0 radical (unpaired) electrons. The predicted octanol–water partition coefficient (Wildman–Crippen LogP) is 3.07. The number of benzene rings is 1. The van der Waals surface area contributed by atoms with Crippen molar-refractivity contribution in [3.05, 3.63) is 35.4 Å². The second-order valence-corrected chi connectivity index (χ2v) is 5.72. The van der Waals surface area contributed by atoms with Crippen LogP contribution in [0.5, 0.6) is 0 Å². The van der Waals surface area contributed by atoms with Gasteiger partial charge in [-0.2, -0.15) is 0 Å². The Hall–Kier alpha value is -1.00. The van der Waals surface area contributed by atoms with Crippen LogP contribution in [0.3, 0.4) is 0 Å². The van der Waals surface area contributed by atoms with Crippen LogP contribution in [0.25, 0.3) is 0 Å². The average molecular weight is 270 g/mol. The second-order valence-electron chi connectivity index (χ2n) is 5.72. The van der Waals surface area contributed by atoms with Gasteiger partial charge in [0, 0.05) is 19.4 Å². The van der Waals surface area contributed by atoms with E-state index in [0.717, 1.165) is 6.07 Å². The van der Waals surface area contributed by atoms with Gasteiger partial charge >= 0.3 is 0 Å². The summed E-state index contributed by atoms with van der Waals surface area (Å²) >= 11 is 0. The number of hydrogen-bond donors (Lipinski definition) is 1. The molecule has 0 aromatic heterocycles. The minimum atomic E-state index is -1.01. The Labute approximate surface area is 112 Å². The Morgan fingerprint density at radius 2 is 2.16 bits per heavy atom. The molecule has 0 bridgehead atoms. The van der Waals surface area contributed by atoms with Gasteiger partial charge in [0.05, 0.1) is 11.7 Å². The molecule has 4 heteroatoms. The lowest BCUT2D eigenvalue weighted by Gasteiger charge is -2.38. The van der Waals surface area contributed by atoms with E-state index in [0.29, 0.717) is 25.4 Å². The summed E-state index contributed by atoms with van der Waals surface area (Å²) in [5, 5.41) is 10.6. The Kier molecular flexibility index (Phi) is 4.21. The molecule has 1 aliphatic rings. The molecule has 19 heavy (non-hydrogen) atoms. The molecule has 1 aromatic rings. The first-order chi connectivity index (χ1) is 8.91. The Morgan fingerprint density at radius 3 is 2.84 bits per heavy atom. The van der Waals surface area contributed by atoms with Gasteiger partial charge in [-0.05, 0) is 24.0 Å². The molecule has 1 aromatic carbocycles. The summed E-state index contributed by atoms with van der Waals surface area (Å²) in [6, 6.07) is 4.08. The van der Waals surface area contributed by atoms with Crippen LogP contribution in [0.4, 0.5) is 8.78 Å². The highest BCUT2D eigenvalue weighted by molar-refractivity contribution is 5.21. The minimum absolute atomic E-state index is 0.0321. The Morgan fingerprint density at radius 1 is 1.42 bits per heavy atom. The first-order valence-electron chi connectivity index (χ1n) is 6.68. The number of aliphatic hydroxyl groups is 1. The maximum Gasteiger partial charge on any atom is 0.162 e. The van der Waals surface area contributed by atoms with E-state index in [-0.39, 0.29) is 18.1 Å². The third-order valence-electron chi connectivity index (χ3n) is 3.78. The van der Waals surface area contributed by atoms with Crippen LogP contribution in [0.15, 0.2) is 18.2 Å². The summed E-state index contributed by atoms with van der Waals surface area (Å²) < 4.78 is 32.4. The molecule has 0 amide bonds. The van der Waals surface area contributed by atoms with Gasteiger partial charge in [-0.15, -0.1) is 0 Å². The van der Waals surface area contributed by atoms with Crippen LogP contribution >= 0.6 is 0 Å². The zero-order chi connectivity index (χ0) is 14.0. The SMILES string of the molecule is CC(C)C1CC(O)(Cc2cccc(F)c2F)CCO1. The van der Waals surface area contributed by atoms with Crippen LogP contribution in [0, 0.1) is 17.6 Å². The third kappa shape index (κ3) is 3.31. The second kappa shape index (κ2) is 5.55. The largest absolute Gasteiger partial charge is 0.389 e. The normalized spacial score (nSPS) is 27.8. The molecule has 1 N–H and O–H groups in total. The van der Waals surface area contributed by atoms with E-state index in [1.165, 1.54) is 12.1 Å². The van der Waals surface area contributed by atoms with E-state index in [4.69, 9.17) is 4.74 Å². The molecule has 2 nitrogen and oxygen atoms in total. The fraction of sp³-hybridized carbons (Fsp3) is 0.600. The van der Waals surface area contributed by atoms with Gasteiger partial charge in [-0.25, -0.2) is 8.78 Å². The van der Waals surface area contributed by atoms with Gasteiger partial charge < -0.3 is 9.84 Å². The van der Waals surface area contributed by atoms with E-state index in [1.54, 1.807) is 0 Å². The summed E-state index contributed by atoms with van der Waals surface area (Å²) in [4.78, 5) is 0. The standard InChI is InChI=1S/C15H20F2O2/c1-10(2)13-9-15(18,6-7-19-13)8-11-4-3-5-12(16)14(11)17/h3-5,10,13,18H,6-9H2,1-2H3. The van der Waals surface area contributed by atoms with Crippen molar-refractivity contribution in [3.8, 4) is 0 Å². The van der Waals surface area contributed by atoms with Crippen LogP contribution in [-0.2, 0) is 11.2 Å². The lowest BCUT2D eigenvalue weighted by molar-refractivity contribution is -0.116. The first-order valence-corrected chi connectivity index (χ1v) is 6.68. The van der Waals surface area contributed by atoms with Crippen molar-refractivity contribution in [3.63, 3.8) is 0 Å². The molecule has 106 valence electrons. The molecule has 1 aliphatic heterocycles. The van der Waals surface area contributed by atoms with Crippen molar-refractivity contribution < 1.29 is 18.6 Å². The summed E-state index contributed by atoms with van der Waals surface area (Å²) in [7, 11) is 0. The zero-order valence-electron chi connectivity index (χ0n) is 11.3. The number of ether oxygens (including phenoxy) is 1. The van der Waals surface area contributed by atoms with Crippen LogP contribution in [-0.4, -0.2) is 23.4 Å². The average Bonchev–Trinajstić information content (AvgIpc) is 2.35. The molecule has 2 rings (SSSR count). The number of hydrogen-bond acceptors (Lipinski definition) is 2. The maximum absolute atomic E-state index is 13.7. The van der Waals surface area contributed by atoms with Gasteiger partial charge in [0.2, 0.25) is 0 Å². The predicted molar refractivity (Wildman–Crippen MR) is 68.8 cm³/mol. The van der Waals surface area contributed by atoms with Crippen LogP contribution < -0.4 is 0 Å². The molecule has 0 saturated carbocycles. The lowest BCUT2D eigenvalue weighted by atomic mass is 9.82. The van der Waals surface area contributed by atoms with Gasteiger partial charge in [0.15, 0.2) is 11.6 Å². The first kappa shape index (κ1) is 14.4. The van der Waals surface area contributed by atoms with Crippen molar-refractivity contribution >= 4 is 0 Å². The van der Waals surface area contributed by atoms with Crippen molar-refractivity contribution in [2.75, 3.05) is 6.61 Å². The van der Waals surface area contributed by atoms with Crippen molar-refractivity contribution in [2.45, 2.75) is 44.8 Å². The third-order valence-corrected chi connectivity index (χ3v) is 3.78. The number of rotatable bonds is 3. The fourth-order valence-electron chi connectivity index (χ4n) is 2.56. The van der Waals surface area contributed by atoms with Crippen molar-refractivity contribution in [1.82, 2.24) is 0 Å². The highest BCUT2D eigenvalue weighted by Gasteiger charge is 2.37. The minimum Gasteiger partial charge on any atom is -0.389 e. The van der Waals surface area contributed by atoms with Crippen LogP contribution in [0.2, 0.25) is 0 Å². The summed E-state index contributed by atoms with van der Waals surface area (Å²) in [6.45, 7) is 4.51. The Balaban J connectivity index is 2.14. The summed E-state index contributed by atoms with van der Waals surface area (Å²) in [6.07, 6.45) is 1.01. The highest BCUT2D eigenvalue weighted by Crippen LogP contribution is 2.32. The van der Waals surface area contributed by atoms with Crippen LogP contribution in [0.1, 0.15) is 32.3 Å². The van der Waals surface area contributed by atoms with Gasteiger partial charge in [-0.3, -0.25) is 0 Å². The fourth-order valence-corrected chi connectivity index (χ4v) is 2.56. The molecule has 0 aliphatic carbocycles. The topological polar surface area (TPSA) is 29.5 Å². The van der Waals surface area contributed by atoms with Gasteiger partial charge in [0.25, 0.3) is 0 Å². The van der Waals surface area contributed by atoms with E-state index in [2.05, 4.69) is 0 Å². The molecular weight excluding hydrogens is 250 g/mol. The summed E-state index contributed by atoms with van der Waals surface area (Å²) in [5.74, 6) is -1.43. The molecule has 1 fully saturated rings. The number of halogens is 2. The lowest BCUT2D eigenvalue weighted by Crippen LogP contribution is -2.44. The quantitative estimate of drug-likeness (QED) is 0.914. The van der Waals surface area contributed by atoms with E-state index < -0.39 is 17.2 Å². The monoisotopic (exact) mass is 270 g/mol. The molecule has 1 heterocycles.